The lowest BCUT2D eigenvalue weighted by atomic mass is 9.86. The van der Waals surface area contributed by atoms with Crippen LogP contribution in [-0.4, -0.2) is 53.3 Å². The summed E-state index contributed by atoms with van der Waals surface area (Å²) in [7, 11) is 1.56. The third-order valence-corrected chi connectivity index (χ3v) is 5.96. The highest BCUT2D eigenvalue weighted by atomic mass is 16.2. The molecule has 7 heteroatoms. The molecule has 2 aromatic carbocycles. The molecule has 1 aliphatic heterocycles. The fraction of sp³-hybridized carbons (Fsp3) is 0.292. The van der Waals surface area contributed by atoms with Gasteiger partial charge in [0.25, 0.3) is 5.91 Å². The Bertz CT molecular complexity index is 1070. The normalized spacial score (nSPS) is 15.5. The van der Waals surface area contributed by atoms with Crippen molar-refractivity contribution in [2.75, 3.05) is 20.1 Å². The molecule has 0 atom stereocenters. The summed E-state index contributed by atoms with van der Waals surface area (Å²) >= 11 is 0. The molecule has 31 heavy (non-hydrogen) atoms. The molecule has 3 aromatic rings. The van der Waals surface area contributed by atoms with Crippen LogP contribution in [-0.2, 0) is 16.0 Å². The fourth-order valence-electron chi connectivity index (χ4n) is 4.15. The molecular formula is C24H26N4O3. The van der Waals surface area contributed by atoms with Crippen LogP contribution >= 0.6 is 0 Å². The van der Waals surface area contributed by atoms with E-state index in [1.807, 2.05) is 54.6 Å². The minimum absolute atomic E-state index is 0.0265. The maximum absolute atomic E-state index is 13.0. The number of fused-ring (bicyclic) bond motifs is 1. The summed E-state index contributed by atoms with van der Waals surface area (Å²) in [6.07, 6.45) is 1.05. The van der Waals surface area contributed by atoms with Crippen LogP contribution in [0.15, 0.2) is 60.7 Å². The number of H-pyrrole nitrogens is 1. The number of likely N-dealkylation sites (N-methyl/N-ethyl adjacent to an activating group) is 1. The van der Waals surface area contributed by atoms with Crippen LogP contribution < -0.4 is 10.6 Å². The Labute approximate surface area is 180 Å². The van der Waals surface area contributed by atoms with Crippen molar-refractivity contribution in [3.05, 3.63) is 71.9 Å². The lowest BCUT2D eigenvalue weighted by Gasteiger charge is -2.40. The summed E-state index contributed by atoms with van der Waals surface area (Å²) in [5.41, 5.74) is 1.19. The second-order valence-corrected chi connectivity index (χ2v) is 7.93. The van der Waals surface area contributed by atoms with Crippen molar-refractivity contribution in [2.45, 2.75) is 24.8 Å². The van der Waals surface area contributed by atoms with Gasteiger partial charge in [0.15, 0.2) is 0 Å². The maximum atomic E-state index is 13.0. The van der Waals surface area contributed by atoms with Crippen molar-refractivity contribution in [3.8, 4) is 0 Å². The number of amides is 3. The molecule has 0 aliphatic carbocycles. The number of hydrogen-bond donors (Lipinski definition) is 3. The number of carbonyl (C=O) groups excluding carboxylic acids is 3. The van der Waals surface area contributed by atoms with E-state index in [1.165, 1.54) is 0 Å². The van der Waals surface area contributed by atoms with Crippen molar-refractivity contribution < 1.29 is 14.4 Å². The van der Waals surface area contributed by atoms with E-state index in [9.17, 15) is 14.4 Å². The fourth-order valence-corrected chi connectivity index (χ4v) is 4.15. The van der Waals surface area contributed by atoms with Gasteiger partial charge in [-0.3, -0.25) is 14.4 Å². The molecule has 1 fully saturated rings. The van der Waals surface area contributed by atoms with Gasteiger partial charge in [-0.1, -0.05) is 48.5 Å². The van der Waals surface area contributed by atoms with Crippen LogP contribution in [0.3, 0.4) is 0 Å². The molecule has 4 rings (SSSR count). The number of rotatable bonds is 5. The topological polar surface area (TPSA) is 94.3 Å². The average Bonchev–Trinajstić information content (AvgIpc) is 3.24. The maximum Gasteiger partial charge on any atom is 0.268 e. The zero-order chi connectivity index (χ0) is 21.8. The van der Waals surface area contributed by atoms with E-state index < -0.39 is 5.54 Å². The van der Waals surface area contributed by atoms with Crippen molar-refractivity contribution in [1.29, 1.82) is 0 Å². The number of aromatic amines is 1. The van der Waals surface area contributed by atoms with Crippen molar-refractivity contribution in [2.24, 2.45) is 0 Å². The number of para-hydroxylation sites is 1. The van der Waals surface area contributed by atoms with E-state index in [4.69, 9.17) is 0 Å². The number of nitrogens with zero attached hydrogens (tertiary/aromatic N) is 1. The van der Waals surface area contributed by atoms with Crippen molar-refractivity contribution >= 4 is 28.6 Å². The quantitative estimate of drug-likeness (QED) is 0.593. The third-order valence-electron chi connectivity index (χ3n) is 5.96. The predicted octanol–water partition coefficient (Wildman–Crippen LogP) is 2.25. The first-order valence-electron chi connectivity index (χ1n) is 10.4. The molecule has 3 amide bonds. The first-order valence-corrected chi connectivity index (χ1v) is 10.4. The first-order chi connectivity index (χ1) is 15.0. The molecule has 0 radical (unpaired) electrons. The van der Waals surface area contributed by atoms with E-state index in [-0.39, 0.29) is 17.7 Å². The molecule has 0 bridgehead atoms. The highest BCUT2D eigenvalue weighted by Crippen LogP contribution is 2.25. The molecule has 0 spiro atoms. The van der Waals surface area contributed by atoms with Crippen LogP contribution in [0.4, 0.5) is 0 Å². The van der Waals surface area contributed by atoms with Gasteiger partial charge in [-0.05, 0) is 30.5 Å². The number of carbonyl (C=O) groups is 3. The molecule has 0 unspecified atom stereocenters. The smallest absolute Gasteiger partial charge is 0.268 e. The number of nitrogens with one attached hydrogen (secondary N) is 3. The molecule has 1 aliphatic rings. The second-order valence-electron chi connectivity index (χ2n) is 7.93. The minimum atomic E-state index is -1.05. The van der Waals surface area contributed by atoms with Gasteiger partial charge in [0.2, 0.25) is 11.8 Å². The minimum Gasteiger partial charge on any atom is -0.357 e. The van der Waals surface area contributed by atoms with Gasteiger partial charge in [-0.25, -0.2) is 0 Å². The van der Waals surface area contributed by atoms with Gasteiger partial charge >= 0.3 is 0 Å². The van der Waals surface area contributed by atoms with Gasteiger partial charge in [0.1, 0.15) is 11.2 Å². The zero-order valence-electron chi connectivity index (χ0n) is 17.5. The number of piperidine rings is 1. The standard InChI is InChI=1S/C24H26N4O3/c1-25-23(31)24(27-22(30)20-16-18-9-5-6-10-19(18)26-20)11-13-28(14-12-24)21(29)15-17-7-3-2-4-8-17/h2-10,16,26H,11-15H2,1H3,(H,25,31)(H,27,30). The molecule has 3 N–H and O–H groups in total. The molecule has 1 aromatic heterocycles. The predicted molar refractivity (Wildman–Crippen MR) is 119 cm³/mol. The van der Waals surface area contributed by atoms with Gasteiger partial charge in [-0.15, -0.1) is 0 Å². The Morgan fingerprint density at radius 1 is 1.00 bits per heavy atom. The Morgan fingerprint density at radius 2 is 1.68 bits per heavy atom. The first kappa shape index (κ1) is 20.7. The van der Waals surface area contributed by atoms with Crippen LogP contribution in [0, 0.1) is 0 Å². The molecule has 0 saturated carbocycles. The van der Waals surface area contributed by atoms with E-state index in [1.54, 1.807) is 18.0 Å². The van der Waals surface area contributed by atoms with E-state index in [2.05, 4.69) is 15.6 Å². The van der Waals surface area contributed by atoms with E-state index in [0.29, 0.717) is 38.0 Å². The van der Waals surface area contributed by atoms with Crippen LogP contribution in [0.5, 0.6) is 0 Å². The second kappa shape index (κ2) is 8.63. The van der Waals surface area contributed by atoms with E-state index in [0.717, 1.165) is 16.5 Å². The number of likely N-dealkylation sites (tertiary alicyclic amines) is 1. The monoisotopic (exact) mass is 418 g/mol. The van der Waals surface area contributed by atoms with Gasteiger partial charge in [-0.2, -0.15) is 0 Å². The van der Waals surface area contributed by atoms with E-state index >= 15 is 0 Å². The molecule has 7 nitrogen and oxygen atoms in total. The Balaban J connectivity index is 1.46. The summed E-state index contributed by atoms with van der Waals surface area (Å²) in [5.74, 6) is -0.547. The van der Waals surface area contributed by atoms with Crippen LogP contribution in [0.1, 0.15) is 28.9 Å². The Morgan fingerprint density at radius 3 is 2.35 bits per heavy atom. The van der Waals surface area contributed by atoms with Gasteiger partial charge in [0.05, 0.1) is 6.42 Å². The Hall–Kier alpha value is -3.61. The number of hydrogen-bond acceptors (Lipinski definition) is 3. The summed E-state index contributed by atoms with van der Waals surface area (Å²) in [5, 5.41) is 6.56. The zero-order valence-corrected chi connectivity index (χ0v) is 17.5. The summed E-state index contributed by atoms with van der Waals surface area (Å²) in [6.45, 7) is 0.818. The SMILES string of the molecule is CNC(=O)C1(NC(=O)c2cc3ccccc3[nH]2)CCN(C(=O)Cc2ccccc2)CC1. The number of aromatic nitrogens is 1. The summed E-state index contributed by atoms with van der Waals surface area (Å²) in [4.78, 5) is 43.3. The lowest BCUT2D eigenvalue weighted by Crippen LogP contribution is -2.63. The molecule has 1 saturated heterocycles. The summed E-state index contributed by atoms with van der Waals surface area (Å²) in [6, 6.07) is 19.0. The van der Waals surface area contributed by atoms with Gasteiger partial charge in [0, 0.05) is 31.0 Å². The average molecular weight is 418 g/mol. The van der Waals surface area contributed by atoms with Gasteiger partial charge < -0.3 is 20.5 Å². The van der Waals surface area contributed by atoms with Crippen LogP contribution in [0.25, 0.3) is 10.9 Å². The molecule has 2 heterocycles. The molecule has 160 valence electrons. The highest BCUT2D eigenvalue weighted by Gasteiger charge is 2.43. The van der Waals surface area contributed by atoms with Crippen LogP contribution in [0.2, 0.25) is 0 Å². The lowest BCUT2D eigenvalue weighted by molar-refractivity contribution is -0.136. The number of benzene rings is 2. The summed E-state index contributed by atoms with van der Waals surface area (Å²) < 4.78 is 0. The third kappa shape index (κ3) is 4.30. The van der Waals surface area contributed by atoms with Crippen molar-refractivity contribution in [1.82, 2.24) is 20.5 Å². The molecular weight excluding hydrogens is 392 g/mol. The van der Waals surface area contributed by atoms with Crippen molar-refractivity contribution in [3.63, 3.8) is 0 Å². The largest absolute Gasteiger partial charge is 0.357 e. The Kier molecular flexibility index (Phi) is 5.75. The highest BCUT2D eigenvalue weighted by molar-refractivity contribution is 6.01.